The molecule has 0 atom stereocenters. The van der Waals surface area contributed by atoms with Gasteiger partial charge < -0.3 is 5.11 Å². The van der Waals surface area contributed by atoms with Crippen LogP contribution in [0.3, 0.4) is 0 Å². The minimum absolute atomic E-state index is 0.138. The zero-order chi connectivity index (χ0) is 20.1. The fourth-order valence-corrected chi connectivity index (χ4v) is 3.90. The molecule has 28 heavy (non-hydrogen) atoms. The van der Waals surface area contributed by atoms with E-state index in [1.54, 1.807) is 30.3 Å². The molecule has 3 aromatic carbocycles. The van der Waals surface area contributed by atoms with Crippen molar-refractivity contribution in [2.45, 2.75) is 17.7 Å². The topological polar surface area (TPSA) is 83.5 Å². The SMILES string of the molecule is O=C(O)c1cccc(CCc2ccc(NS(=O)(=O)c3ccc(Cl)cc3)cc2)c1. The van der Waals surface area contributed by atoms with Gasteiger partial charge in [-0.3, -0.25) is 4.72 Å². The maximum atomic E-state index is 12.4. The number of aryl methyl sites for hydroxylation is 2. The molecule has 3 rings (SSSR count). The fraction of sp³-hybridized carbons (Fsp3) is 0.0952. The van der Waals surface area contributed by atoms with Crippen molar-refractivity contribution in [1.82, 2.24) is 0 Å². The fourth-order valence-electron chi connectivity index (χ4n) is 2.72. The monoisotopic (exact) mass is 415 g/mol. The lowest BCUT2D eigenvalue weighted by molar-refractivity contribution is 0.0696. The Labute approximate surface area is 168 Å². The van der Waals surface area contributed by atoms with Crippen LogP contribution in [0.1, 0.15) is 21.5 Å². The molecule has 144 valence electrons. The largest absolute Gasteiger partial charge is 0.478 e. The van der Waals surface area contributed by atoms with E-state index in [1.807, 2.05) is 18.2 Å². The molecule has 0 aromatic heterocycles. The van der Waals surface area contributed by atoms with Gasteiger partial charge in [0.25, 0.3) is 10.0 Å². The smallest absolute Gasteiger partial charge is 0.335 e. The first-order valence-corrected chi connectivity index (χ1v) is 10.4. The van der Waals surface area contributed by atoms with Gasteiger partial charge in [0.05, 0.1) is 10.5 Å². The molecule has 0 aliphatic rings. The van der Waals surface area contributed by atoms with Crippen LogP contribution in [0.5, 0.6) is 0 Å². The molecular weight excluding hydrogens is 398 g/mol. The van der Waals surface area contributed by atoms with Crippen LogP contribution in [0.25, 0.3) is 0 Å². The summed E-state index contributed by atoms with van der Waals surface area (Å²) in [5.41, 5.74) is 2.69. The third kappa shape index (κ3) is 5.12. The predicted molar refractivity (Wildman–Crippen MR) is 110 cm³/mol. The Hall–Kier alpha value is -2.83. The van der Waals surface area contributed by atoms with Crippen LogP contribution in [0.4, 0.5) is 5.69 Å². The molecule has 0 heterocycles. The summed E-state index contributed by atoms with van der Waals surface area (Å²) in [6.07, 6.45) is 1.41. The Balaban J connectivity index is 1.64. The molecule has 2 N–H and O–H groups in total. The van der Waals surface area contributed by atoms with E-state index in [4.69, 9.17) is 16.7 Å². The highest BCUT2D eigenvalue weighted by molar-refractivity contribution is 7.92. The molecule has 3 aromatic rings. The van der Waals surface area contributed by atoms with Crippen molar-refractivity contribution in [3.8, 4) is 0 Å². The number of benzene rings is 3. The van der Waals surface area contributed by atoms with Crippen LogP contribution in [0.2, 0.25) is 5.02 Å². The molecule has 0 saturated heterocycles. The van der Waals surface area contributed by atoms with E-state index in [2.05, 4.69) is 4.72 Å². The lowest BCUT2D eigenvalue weighted by Crippen LogP contribution is -2.12. The molecule has 5 nitrogen and oxygen atoms in total. The number of carboxylic acids is 1. The van der Waals surface area contributed by atoms with Crippen LogP contribution in [0.15, 0.2) is 77.7 Å². The zero-order valence-electron chi connectivity index (χ0n) is 14.8. The van der Waals surface area contributed by atoms with E-state index in [0.717, 1.165) is 11.1 Å². The summed E-state index contributed by atoms with van der Waals surface area (Å²) < 4.78 is 27.3. The summed E-state index contributed by atoms with van der Waals surface area (Å²) in [7, 11) is -3.68. The number of halogens is 1. The maximum absolute atomic E-state index is 12.4. The summed E-state index contributed by atoms with van der Waals surface area (Å²) in [6, 6.07) is 19.9. The van der Waals surface area contributed by atoms with Gasteiger partial charge in [0.15, 0.2) is 0 Å². The molecule has 0 bridgehead atoms. The van der Waals surface area contributed by atoms with E-state index < -0.39 is 16.0 Å². The summed E-state index contributed by atoms with van der Waals surface area (Å²) in [6.45, 7) is 0. The normalized spacial score (nSPS) is 11.2. The molecule has 0 radical (unpaired) electrons. The summed E-state index contributed by atoms with van der Waals surface area (Å²) in [4.78, 5) is 11.2. The number of nitrogens with one attached hydrogen (secondary N) is 1. The molecule has 0 spiro atoms. The Morgan fingerprint density at radius 2 is 1.54 bits per heavy atom. The molecule has 0 aliphatic heterocycles. The van der Waals surface area contributed by atoms with Gasteiger partial charge in [0, 0.05) is 10.7 Å². The first-order chi connectivity index (χ1) is 13.3. The second-order valence-corrected chi connectivity index (χ2v) is 8.38. The van der Waals surface area contributed by atoms with Gasteiger partial charge in [0.2, 0.25) is 0 Å². The molecule has 0 fully saturated rings. The lowest BCUT2D eigenvalue weighted by atomic mass is 10.0. The number of rotatable bonds is 7. The van der Waals surface area contributed by atoms with Gasteiger partial charge in [-0.2, -0.15) is 0 Å². The summed E-state index contributed by atoms with van der Waals surface area (Å²) in [5, 5.41) is 9.52. The number of anilines is 1. The second kappa shape index (κ2) is 8.46. The zero-order valence-corrected chi connectivity index (χ0v) is 16.4. The molecule has 0 aliphatic carbocycles. The third-order valence-electron chi connectivity index (χ3n) is 4.21. The Morgan fingerprint density at radius 3 is 2.18 bits per heavy atom. The number of aromatic carboxylic acids is 1. The van der Waals surface area contributed by atoms with E-state index in [1.165, 1.54) is 24.3 Å². The maximum Gasteiger partial charge on any atom is 0.335 e. The second-order valence-electron chi connectivity index (χ2n) is 6.26. The van der Waals surface area contributed by atoms with Crippen LogP contribution >= 0.6 is 11.6 Å². The van der Waals surface area contributed by atoms with Gasteiger partial charge in [0.1, 0.15) is 0 Å². The van der Waals surface area contributed by atoms with Gasteiger partial charge in [-0.1, -0.05) is 35.9 Å². The van der Waals surface area contributed by atoms with Gasteiger partial charge >= 0.3 is 5.97 Å². The molecular formula is C21H18ClNO4S. The average molecular weight is 416 g/mol. The molecule has 0 amide bonds. The van der Waals surface area contributed by atoms with Crippen molar-refractivity contribution in [3.05, 3.63) is 94.5 Å². The van der Waals surface area contributed by atoms with Gasteiger partial charge in [-0.05, 0) is 72.5 Å². The highest BCUT2D eigenvalue weighted by Gasteiger charge is 2.13. The van der Waals surface area contributed by atoms with Gasteiger partial charge in [-0.25, -0.2) is 13.2 Å². The minimum atomic E-state index is -3.68. The van der Waals surface area contributed by atoms with Crippen molar-refractivity contribution in [3.63, 3.8) is 0 Å². The number of hydrogen-bond donors (Lipinski definition) is 2. The quantitative estimate of drug-likeness (QED) is 0.589. The molecule has 0 unspecified atom stereocenters. The predicted octanol–water partition coefficient (Wildman–Crippen LogP) is 4.62. The lowest BCUT2D eigenvalue weighted by Gasteiger charge is -2.09. The third-order valence-corrected chi connectivity index (χ3v) is 5.86. The highest BCUT2D eigenvalue weighted by atomic mass is 35.5. The van der Waals surface area contributed by atoms with Crippen molar-refractivity contribution >= 4 is 33.3 Å². The van der Waals surface area contributed by atoms with Crippen molar-refractivity contribution in [2.24, 2.45) is 0 Å². The first kappa shape index (κ1) is 19.9. The molecule has 7 heteroatoms. The minimum Gasteiger partial charge on any atom is -0.478 e. The number of carbonyl (C=O) groups is 1. The van der Waals surface area contributed by atoms with Crippen LogP contribution in [-0.2, 0) is 22.9 Å². The summed E-state index contributed by atoms with van der Waals surface area (Å²) in [5.74, 6) is -0.945. The van der Waals surface area contributed by atoms with E-state index in [0.29, 0.717) is 23.6 Å². The van der Waals surface area contributed by atoms with Crippen molar-refractivity contribution in [2.75, 3.05) is 4.72 Å². The number of hydrogen-bond acceptors (Lipinski definition) is 3. The van der Waals surface area contributed by atoms with Crippen molar-refractivity contribution < 1.29 is 18.3 Å². The standard InChI is InChI=1S/C21H18ClNO4S/c22-18-8-12-20(13-9-18)28(26,27)23-19-10-6-15(7-11-19)4-5-16-2-1-3-17(14-16)21(24)25/h1-3,6-14,23H,4-5H2,(H,24,25). The molecule has 0 saturated carbocycles. The van der Waals surface area contributed by atoms with Crippen LogP contribution in [0, 0.1) is 0 Å². The Bertz CT molecular complexity index is 1080. The van der Waals surface area contributed by atoms with Crippen LogP contribution < -0.4 is 4.72 Å². The van der Waals surface area contributed by atoms with Gasteiger partial charge in [-0.15, -0.1) is 0 Å². The van der Waals surface area contributed by atoms with Crippen molar-refractivity contribution in [1.29, 1.82) is 0 Å². The Morgan fingerprint density at radius 1 is 0.893 bits per heavy atom. The van der Waals surface area contributed by atoms with E-state index >= 15 is 0 Å². The Kier molecular flexibility index (Phi) is 6.02. The summed E-state index contributed by atoms with van der Waals surface area (Å²) >= 11 is 5.79. The van der Waals surface area contributed by atoms with E-state index in [-0.39, 0.29) is 10.5 Å². The average Bonchev–Trinajstić information content (AvgIpc) is 2.68. The number of carboxylic acid groups (broad SMARTS) is 1. The van der Waals surface area contributed by atoms with Crippen LogP contribution in [-0.4, -0.2) is 19.5 Å². The van der Waals surface area contributed by atoms with E-state index in [9.17, 15) is 13.2 Å². The number of sulfonamides is 1. The highest BCUT2D eigenvalue weighted by Crippen LogP contribution is 2.19. The first-order valence-electron chi connectivity index (χ1n) is 8.53.